The van der Waals surface area contributed by atoms with Crippen LogP contribution in [0.2, 0.25) is 52.4 Å². The van der Waals surface area contributed by atoms with Gasteiger partial charge in [-0.05, 0) is 23.7 Å². The van der Waals surface area contributed by atoms with Gasteiger partial charge in [0.2, 0.25) is 0 Å². The van der Waals surface area contributed by atoms with Gasteiger partial charge in [-0.25, -0.2) is 0 Å². The van der Waals surface area contributed by atoms with Crippen LogP contribution in [-0.4, -0.2) is 24.2 Å². The van der Waals surface area contributed by atoms with Crippen molar-refractivity contribution < 1.29 is 0 Å². The second-order valence-corrected chi connectivity index (χ2v) is 28.6. The van der Waals surface area contributed by atoms with Crippen LogP contribution in [0.1, 0.15) is 54.4 Å². The molecule has 0 atom stereocenters. The van der Waals surface area contributed by atoms with Crippen molar-refractivity contribution in [2.24, 2.45) is 10.8 Å². The van der Waals surface area contributed by atoms with E-state index in [-0.39, 0.29) is 10.8 Å². The Morgan fingerprint density at radius 1 is 0.552 bits per heavy atom. The van der Waals surface area contributed by atoms with Crippen molar-refractivity contribution in [3.8, 4) is 0 Å². The molecular formula is C26H48Si3. The van der Waals surface area contributed by atoms with Crippen LogP contribution in [0.3, 0.4) is 0 Å². The Kier molecular flexibility index (Phi) is 6.30. The average Bonchev–Trinajstić information content (AvgIpc) is 3.10. The molecule has 3 heteroatoms. The van der Waals surface area contributed by atoms with Crippen molar-refractivity contribution >= 4 is 24.2 Å². The molecule has 0 spiro atoms. The van der Waals surface area contributed by atoms with Gasteiger partial charge in [0.05, 0.1) is 16.1 Å². The normalized spacial score (nSPS) is 19.9. The van der Waals surface area contributed by atoms with E-state index in [1.54, 1.807) is 21.5 Å². The molecule has 0 aromatic carbocycles. The second kappa shape index (κ2) is 7.34. The summed E-state index contributed by atoms with van der Waals surface area (Å²) in [5, 5.41) is 7.27. The van der Waals surface area contributed by atoms with Crippen molar-refractivity contribution in [1.82, 2.24) is 0 Å². The molecule has 0 N–H and O–H groups in total. The van der Waals surface area contributed by atoms with Gasteiger partial charge in [-0.3, -0.25) is 0 Å². The quantitative estimate of drug-likeness (QED) is 0.380. The molecule has 2 rings (SSSR count). The first-order chi connectivity index (χ1) is 12.7. The van der Waals surface area contributed by atoms with Crippen LogP contribution in [0.4, 0.5) is 0 Å². The SMILES string of the molecule is CC(C)(C)C1=CC([Si](C)(C)C2=C([Si](C)(C)C)CC(C(C)(C)C)=C2)=C([Si](C)(C)C)C1. The molecule has 2 aliphatic carbocycles. The maximum Gasteiger partial charge on any atom is 0.111 e. The van der Waals surface area contributed by atoms with E-state index < -0.39 is 24.2 Å². The maximum absolute atomic E-state index is 2.68. The third kappa shape index (κ3) is 5.10. The number of hydrogen-bond acceptors (Lipinski definition) is 0. The average molecular weight is 445 g/mol. The summed E-state index contributed by atoms with van der Waals surface area (Å²) in [5.41, 5.74) is 3.88. The summed E-state index contributed by atoms with van der Waals surface area (Å²) in [7, 11) is -4.47. The van der Waals surface area contributed by atoms with E-state index in [0.29, 0.717) is 0 Å². The fraction of sp³-hybridized carbons (Fsp3) is 0.692. The second-order valence-electron chi connectivity index (χ2n) is 14.1. The summed E-state index contributed by atoms with van der Waals surface area (Å²) in [6.45, 7) is 35.1. The van der Waals surface area contributed by atoms with Crippen molar-refractivity contribution in [2.75, 3.05) is 0 Å². The lowest BCUT2D eigenvalue weighted by atomic mass is 9.86. The molecule has 0 bridgehead atoms. The fourth-order valence-electron chi connectivity index (χ4n) is 4.76. The minimum Gasteiger partial charge on any atom is -0.0774 e. The monoisotopic (exact) mass is 444 g/mol. The Hall–Kier alpha value is -0.389. The zero-order valence-electron chi connectivity index (χ0n) is 22.1. The molecule has 0 amide bonds. The third-order valence-electron chi connectivity index (χ3n) is 7.11. The lowest BCUT2D eigenvalue weighted by Crippen LogP contribution is -2.38. The van der Waals surface area contributed by atoms with Crippen molar-refractivity contribution in [1.29, 1.82) is 0 Å². The summed E-state index contributed by atoms with van der Waals surface area (Å²) in [5.74, 6) is 0. The zero-order chi connectivity index (χ0) is 22.8. The Morgan fingerprint density at radius 2 is 0.828 bits per heavy atom. The summed E-state index contributed by atoms with van der Waals surface area (Å²) in [6.07, 6.45) is 7.82. The van der Waals surface area contributed by atoms with Gasteiger partial charge in [0.15, 0.2) is 0 Å². The van der Waals surface area contributed by atoms with E-state index in [1.807, 2.05) is 10.4 Å². The molecule has 0 aliphatic heterocycles. The largest absolute Gasteiger partial charge is 0.111 e. The summed E-state index contributed by atoms with van der Waals surface area (Å²) in [4.78, 5) is 0. The number of rotatable bonds is 4. The van der Waals surface area contributed by atoms with Crippen LogP contribution in [-0.2, 0) is 0 Å². The topological polar surface area (TPSA) is 0 Å². The van der Waals surface area contributed by atoms with E-state index in [9.17, 15) is 0 Å². The highest BCUT2D eigenvalue weighted by Gasteiger charge is 2.43. The first kappa shape index (κ1) is 24.9. The first-order valence-corrected chi connectivity index (χ1v) is 21.6. The minimum atomic E-state index is -1.75. The molecule has 29 heavy (non-hydrogen) atoms. The number of hydrogen-bond donors (Lipinski definition) is 0. The highest BCUT2D eigenvalue weighted by molar-refractivity contribution is 6.97. The third-order valence-corrected chi connectivity index (χ3v) is 15.7. The standard InChI is InChI=1S/C26H48Si3/c1-25(2,3)19-15-21(27(7,8)9)23(17-19)29(13,14)24-18-20(26(4,5)6)16-22(24)28(10,11)12/h17-18H,15-16H2,1-14H3. The van der Waals surface area contributed by atoms with Crippen LogP contribution in [0.15, 0.2) is 44.1 Å². The van der Waals surface area contributed by atoms with Gasteiger partial charge in [0.25, 0.3) is 0 Å². The predicted octanol–water partition coefficient (Wildman–Crippen LogP) is 8.87. The predicted molar refractivity (Wildman–Crippen MR) is 143 cm³/mol. The van der Waals surface area contributed by atoms with Gasteiger partial charge in [0.1, 0.15) is 8.07 Å². The highest BCUT2D eigenvalue weighted by atomic mass is 28.3. The molecule has 0 unspecified atom stereocenters. The Morgan fingerprint density at radius 3 is 1.03 bits per heavy atom. The minimum absolute atomic E-state index is 0.273. The molecule has 0 fully saturated rings. The van der Waals surface area contributed by atoms with Crippen LogP contribution in [0, 0.1) is 10.8 Å². The highest BCUT2D eigenvalue weighted by Crippen LogP contribution is 2.49. The summed E-state index contributed by atoms with van der Waals surface area (Å²) < 4.78 is 0. The van der Waals surface area contributed by atoms with Gasteiger partial charge in [-0.1, -0.05) is 138 Å². The molecule has 0 aromatic rings. The molecule has 0 heterocycles. The molecule has 0 aromatic heterocycles. The Balaban J connectivity index is 2.74. The summed E-state index contributed by atoms with van der Waals surface area (Å²) >= 11 is 0. The van der Waals surface area contributed by atoms with Crippen molar-refractivity contribution in [2.45, 2.75) is 107 Å². The van der Waals surface area contributed by atoms with Crippen LogP contribution >= 0.6 is 0 Å². The Bertz CT molecular complexity index is 734. The molecule has 0 radical (unpaired) electrons. The van der Waals surface area contributed by atoms with Crippen molar-refractivity contribution in [3.63, 3.8) is 0 Å². The smallest absolute Gasteiger partial charge is 0.0774 e. The fourth-order valence-corrected chi connectivity index (χ4v) is 15.1. The van der Waals surface area contributed by atoms with Crippen molar-refractivity contribution in [3.05, 3.63) is 44.1 Å². The molecule has 2 aliphatic rings. The van der Waals surface area contributed by atoms with Gasteiger partial charge in [-0.2, -0.15) is 0 Å². The van der Waals surface area contributed by atoms with Crippen LogP contribution in [0.5, 0.6) is 0 Å². The van der Waals surface area contributed by atoms with E-state index in [4.69, 9.17) is 0 Å². The van der Waals surface area contributed by atoms with E-state index >= 15 is 0 Å². The van der Waals surface area contributed by atoms with Crippen LogP contribution in [0.25, 0.3) is 0 Å². The molecule has 0 nitrogen and oxygen atoms in total. The van der Waals surface area contributed by atoms with E-state index in [2.05, 4.69) is 106 Å². The first-order valence-electron chi connectivity index (χ1n) is 11.6. The van der Waals surface area contributed by atoms with E-state index in [1.165, 1.54) is 12.8 Å². The lowest BCUT2D eigenvalue weighted by molar-refractivity contribution is 0.495. The van der Waals surface area contributed by atoms with Gasteiger partial charge < -0.3 is 0 Å². The number of allylic oxidation sites excluding steroid dienone is 8. The van der Waals surface area contributed by atoms with Crippen LogP contribution < -0.4 is 0 Å². The van der Waals surface area contributed by atoms with Gasteiger partial charge in [0, 0.05) is 0 Å². The summed E-state index contributed by atoms with van der Waals surface area (Å²) in [6, 6.07) is 0. The zero-order valence-corrected chi connectivity index (χ0v) is 25.1. The van der Waals surface area contributed by atoms with E-state index in [0.717, 1.165) is 0 Å². The lowest BCUT2D eigenvalue weighted by Gasteiger charge is -2.33. The Labute approximate surface area is 185 Å². The van der Waals surface area contributed by atoms with Gasteiger partial charge in [-0.15, -0.1) is 0 Å². The molecular weight excluding hydrogens is 397 g/mol. The molecule has 0 saturated carbocycles. The molecule has 0 saturated heterocycles. The van der Waals surface area contributed by atoms with Gasteiger partial charge >= 0.3 is 0 Å². The maximum atomic E-state index is 2.68. The molecule has 164 valence electrons.